The van der Waals surface area contributed by atoms with Gasteiger partial charge in [0.05, 0.1) is 5.69 Å². The highest BCUT2D eigenvalue weighted by Crippen LogP contribution is 2.24. The van der Waals surface area contributed by atoms with Gasteiger partial charge in [-0.1, -0.05) is 12.2 Å². The Bertz CT molecular complexity index is 561. The minimum Gasteiger partial charge on any atom is -0.389 e. The number of hydrogen-bond donors (Lipinski definition) is 2. The highest BCUT2D eigenvalue weighted by molar-refractivity contribution is 7.80. The van der Waals surface area contributed by atoms with E-state index in [4.69, 9.17) is 18.0 Å². The third-order valence-corrected chi connectivity index (χ3v) is 3.48. The highest BCUT2D eigenvalue weighted by Gasteiger charge is 2.04. The lowest BCUT2D eigenvalue weighted by Gasteiger charge is -2.08. The standard InChI is InChI=1S/C12H13N3S2/c1-7-5-9(11(13)16)3-4-10(7)15-12-14-8(2)6-17-12/h3-6H,1-2H3,(H2,13,16)(H,14,15). The zero-order chi connectivity index (χ0) is 12.4. The second-order valence-electron chi connectivity index (χ2n) is 3.81. The largest absolute Gasteiger partial charge is 0.389 e. The molecular weight excluding hydrogens is 250 g/mol. The fraction of sp³-hybridized carbons (Fsp3) is 0.167. The molecule has 0 bridgehead atoms. The highest BCUT2D eigenvalue weighted by atomic mass is 32.1. The van der Waals surface area contributed by atoms with E-state index in [1.54, 1.807) is 11.3 Å². The molecule has 0 atom stereocenters. The molecule has 88 valence electrons. The predicted molar refractivity (Wildman–Crippen MR) is 77.2 cm³/mol. The van der Waals surface area contributed by atoms with Crippen molar-refractivity contribution < 1.29 is 0 Å². The van der Waals surface area contributed by atoms with Crippen LogP contribution in [0.25, 0.3) is 0 Å². The topological polar surface area (TPSA) is 50.9 Å². The van der Waals surface area contributed by atoms with Crippen LogP contribution in [-0.2, 0) is 0 Å². The van der Waals surface area contributed by atoms with E-state index in [1.807, 2.05) is 37.4 Å². The van der Waals surface area contributed by atoms with Gasteiger partial charge in [0.25, 0.3) is 0 Å². The van der Waals surface area contributed by atoms with Gasteiger partial charge in [-0.05, 0) is 37.6 Å². The molecule has 0 aliphatic carbocycles. The van der Waals surface area contributed by atoms with Crippen LogP contribution in [0.15, 0.2) is 23.6 Å². The van der Waals surface area contributed by atoms with E-state index in [0.717, 1.165) is 27.6 Å². The smallest absolute Gasteiger partial charge is 0.187 e. The van der Waals surface area contributed by atoms with Gasteiger partial charge in [-0.3, -0.25) is 0 Å². The summed E-state index contributed by atoms with van der Waals surface area (Å²) in [6, 6.07) is 5.86. The average molecular weight is 263 g/mol. The van der Waals surface area contributed by atoms with Crippen LogP contribution in [0.1, 0.15) is 16.8 Å². The van der Waals surface area contributed by atoms with Crippen LogP contribution in [0.2, 0.25) is 0 Å². The monoisotopic (exact) mass is 263 g/mol. The Kier molecular flexibility index (Phi) is 3.40. The molecule has 17 heavy (non-hydrogen) atoms. The minimum absolute atomic E-state index is 0.421. The third kappa shape index (κ3) is 2.81. The minimum atomic E-state index is 0.421. The van der Waals surface area contributed by atoms with E-state index in [1.165, 1.54) is 0 Å². The summed E-state index contributed by atoms with van der Waals surface area (Å²) in [6.07, 6.45) is 0. The van der Waals surface area contributed by atoms with Crippen molar-refractivity contribution in [3.05, 3.63) is 40.4 Å². The van der Waals surface area contributed by atoms with E-state index in [2.05, 4.69) is 10.3 Å². The number of aromatic nitrogens is 1. The fourth-order valence-electron chi connectivity index (χ4n) is 1.48. The first-order valence-electron chi connectivity index (χ1n) is 5.16. The number of aryl methyl sites for hydroxylation is 2. The molecule has 0 spiro atoms. The molecule has 5 heteroatoms. The van der Waals surface area contributed by atoms with Crippen molar-refractivity contribution in [2.75, 3.05) is 5.32 Å². The predicted octanol–water partition coefficient (Wildman–Crippen LogP) is 3.14. The molecule has 0 unspecified atom stereocenters. The summed E-state index contributed by atoms with van der Waals surface area (Å²) in [5.41, 5.74) is 9.63. The fourth-order valence-corrected chi connectivity index (χ4v) is 2.31. The maximum atomic E-state index is 5.59. The number of thiazole rings is 1. The van der Waals surface area contributed by atoms with E-state index in [0.29, 0.717) is 4.99 Å². The molecule has 1 aromatic carbocycles. The number of nitrogens with zero attached hydrogens (tertiary/aromatic N) is 1. The molecule has 2 aromatic rings. The molecular formula is C12H13N3S2. The van der Waals surface area contributed by atoms with E-state index < -0.39 is 0 Å². The van der Waals surface area contributed by atoms with Gasteiger partial charge in [0, 0.05) is 16.6 Å². The first kappa shape index (κ1) is 12.0. The van der Waals surface area contributed by atoms with E-state index in [-0.39, 0.29) is 0 Å². The summed E-state index contributed by atoms with van der Waals surface area (Å²) in [5, 5.41) is 6.19. The lowest BCUT2D eigenvalue weighted by Crippen LogP contribution is -2.09. The maximum Gasteiger partial charge on any atom is 0.187 e. The van der Waals surface area contributed by atoms with Crippen LogP contribution in [0.4, 0.5) is 10.8 Å². The average Bonchev–Trinajstić information content (AvgIpc) is 2.67. The van der Waals surface area contributed by atoms with E-state index in [9.17, 15) is 0 Å². The normalized spacial score (nSPS) is 10.2. The van der Waals surface area contributed by atoms with Gasteiger partial charge >= 0.3 is 0 Å². The van der Waals surface area contributed by atoms with Crippen molar-refractivity contribution in [2.24, 2.45) is 5.73 Å². The van der Waals surface area contributed by atoms with Gasteiger partial charge in [0.15, 0.2) is 5.13 Å². The van der Waals surface area contributed by atoms with Crippen LogP contribution < -0.4 is 11.1 Å². The molecule has 2 rings (SSSR count). The van der Waals surface area contributed by atoms with Gasteiger partial charge < -0.3 is 11.1 Å². The summed E-state index contributed by atoms with van der Waals surface area (Å²) in [5.74, 6) is 0. The SMILES string of the molecule is Cc1csc(Nc2ccc(C(N)=S)cc2C)n1. The Hall–Kier alpha value is -1.46. The Balaban J connectivity index is 2.25. The van der Waals surface area contributed by atoms with Gasteiger partial charge in [-0.25, -0.2) is 4.98 Å². The molecule has 3 nitrogen and oxygen atoms in total. The Morgan fingerprint density at radius 3 is 2.71 bits per heavy atom. The van der Waals surface area contributed by atoms with E-state index >= 15 is 0 Å². The number of hydrogen-bond acceptors (Lipinski definition) is 4. The van der Waals surface area contributed by atoms with Crippen LogP contribution in [-0.4, -0.2) is 9.97 Å². The Morgan fingerprint density at radius 2 is 2.18 bits per heavy atom. The molecule has 0 saturated carbocycles. The summed E-state index contributed by atoms with van der Waals surface area (Å²) in [4.78, 5) is 4.78. The zero-order valence-electron chi connectivity index (χ0n) is 9.65. The van der Waals surface area contributed by atoms with Crippen LogP contribution in [0.3, 0.4) is 0 Å². The number of benzene rings is 1. The molecule has 0 fully saturated rings. The number of nitrogens with two attached hydrogens (primary N) is 1. The lowest BCUT2D eigenvalue weighted by molar-refractivity contribution is 1.26. The third-order valence-electron chi connectivity index (χ3n) is 2.37. The second kappa shape index (κ2) is 4.81. The molecule has 0 amide bonds. The van der Waals surface area contributed by atoms with Gasteiger partial charge in [-0.15, -0.1) is 11.3 Å². The van der Waals surface area contributed by atoms with Crippen molar-refractivity contribution in [2.45, 2.75) is 13.8 Å². The zero-order valence-corrected chi connectivity index (χ0v) is 11.3. The molecule has 1 heterocycles. The molecule has 0 aliphatic heterocycles. The maximum absolute atomic E-state index is 5.59. The van der Waals surface area contributed by atoms with Crippen molar-refractivity contribution in [1.82, 2.24) is 4.98 Å². The molecule has 1 aromatic heterocycles. The van der Waals surface area contributed by atoms with Gasteiger partial charge in [0.2, 0.25) is 0 Å². The number of thiocarbonyl (C=S) groups is 1. The first-order chi connectivity index (χ1) is 8.06. The summed E-state index contributed by atoms with van der Waals surface area (Å²) in [6.45, 7) is 4.00. The number of nitrogens with one attached hydrogen (secondary N) is 1. The van der Waals surface area contributed by atoms with Crippen LogP contribution in [0, 0.1) is 13.8 Å². The van der Waals surface area contributed by atoms with Gasteiger partial charge in [-0.2, -0.15) is 0 Å². The number of rotatable bonds is 3. The second-order valence-corrected chi connectivity index (χ2v) is 5.11. The van der Waals surface area contributed by atoms with Crippen molar-refractivity contribution >= 4 is 39.4 Å². The summed E-state index contributed by atoms with van der Waals surface area (Å²) >= 11 is 6.54. The van der Waals surface area contributed by atoms with Gasteiger partial charge in [0.1, 0.15) is 4.99 Å². The first-order valence-corrected chi connectivity index (χ1v) is 6.44. The Labute approximate surface area is 110 Å². The van der Waals surface area contributed by atoms with Crippen molar-refractivity contribution in [3.8, 4) is 0 Å². The molecule has 0 saturated heterocycles. The number of anilines is 2. The van der Waals surface area contributed by atoms with Crippen LogP contribution >= 0.6 is 23.6 Å². The molecule has 0 aliphatic rings. The van der Waals surface area contributed by atoms with Crippen LogP contribution in [0.5, 0.6) is 0 Å². The molecule has 3 N–H and O–H groups in total. The molecule has 0 radical (unpaired) electrons. The Morgan fingerprint density at radius 1 is 1.41 bits per heavy atom. The summed E-state index contributed by atoms with van der Waals surface area (Å²) in [7, 11) is 0. The quantitative estimate of drug-likeness (QED) is 0.835. The van der Waals surface area contributed by atoms with Crippen molar-refractivity contribution in [3.63, 3.8) is 0 Å². The van der Waals surface area contributed by atoms with Crippen molar-refractivity contribution in [1.29, 1.82) is 0 Å². The lowest BCUT2D eigenvalue weighted by atomic mass is 10.1. The summed E-state index contributed by atoms with van der Waals surface area (Å²) < 4.78 is 0.